The minimum Gasteiger partial charge on any atom is -0.387 e. The molecule has 0 saturated carbocycles. The maximum Gasteiger partial charge on any atom is 0.189 e. The summed E-state index contributed by atoms with van der Waals surface area (Å²) in [5.41, 5.74) is 0. The van der Waals surface area contributed by atoms with Crippen molar-refractivity contribution in [3.05, 3.63) is 0 Å². The number of aliphatic hydroxyl groups excluding tert-OH is 6. The molecule has 0 aliphatic carbocycles. The summed E-state index contributed by atoms with van der Waals surface area (Å²) in [6, 6.07) is 0. The summed E-state index contributed by atoms with van der Waals surface area (Å²) < 4.78 is 22.7. The molecule has 13 atom stereocenters. The molecule has 0 aromatic rings. The number of rotatable bonds is 8. The van der Waals surface area contributed by atoms with E-state index >= 15 is 0 Å². The molecular weight excluding hydrogens is 468 g/mol. The third-order valence-electron chi connectivity index (χ3n) is 7.19. The Morgan fingerprint density at radius 1 is 0.800 bits per heavy atom. The number of hydrogen-bond donors (Lipinski definition) is 7. The van der Waals surface area contributed by atoms with Crippen LogP contribution in [0.4, 0.5) is 0 Å². The lowest BCUT2D eigenvalue weighted by atomic mass is 9.98. The second-order valence-electron chi connectivity index (χ2n) is 10.3. The predicted octanol–water partition coefficient (Wildman–Crippen LogP) is -3.14. The Bertz CT molecular complexity index is 623. The maximum atomic E-state index is 10.4. The smallest absolute Gasteiger partial charge is 0.189 e. The standard InChI is InChI=1S/C22H40N2O11/c1-10-3-4-24(7-10)32-9-13-16(26)18(28)20(30)22(34-13)35-21-19(29)17(27)15(25)12(33-21)8-31-14-5-11(2)6-23-14/h10-23,25-30H,3-9H2,1-2H3/t10?,11?,12?,13?,14?,15-,16?,17?,18?,19?,20?,21?,22?/m0/s1. The maximum absolute atomic E-state index is 10.4. The molecule has 13 nitrogen and oxygen atoms in total. The van der Waals surface area contributed by atoms with Crippen molar-refractivity contribution < 1.29 is 54.4 Å². The van der Waals surface area contributed by atoms with Crippen LogP contribution in [0.2, 0.25) is 0 Å². The number of ether oxygens (including phenoxy) is 4. The van der Waals surface area contributed by atoms with Crippen LogP contribution < -0.4 is 5.32 Å². The second-order valence-corrected chi connectivity index (χ2v) is 10.3. The molecule has 4 heterocycles. The fourth-order valence-electron chi connectivity index (χ4n) is 4.86. The Balaban J connectivity index is 1.34. The fraction of sp³-hybridized carbons (Fsp3) is 1.00. The van der Waals surface area contributed by atoms with Gasteiger partial charge in [-0.25, -0.2) is 0 Å². The van der Waals surface area contributed by atoms with Crippen LogP contribution in [0.3, 0.4) is 0 Å². The highest BCUT2D eigenvalue weighted by atomic mass is 16.8. The van der Waals surface area contributed by atoms with E-state index in [1.165, 1.54) is 0 Å². The van der Waals surface area contributed by atoms with Gasteiger partial charge in [-0.1, -0.05) is 13.8 Å². The van der Waals surface area contributed by atoms with Crippen LogP contribution in [0.5, 0.6) is 0 Å². The molecule has 204 valence electrons. The normalized spacial score (nSPS) is 49.5. The molecule has 0 bridgehead atoms. The summed E-state index contributed by atoms with van der Waals surface area (Å²) in [4.78, 5) is 5.69. The van der Waals surface area contributed by atoms with Crippen molar-refractivity contribution >= 4 is 0 Å². The highest BCUT2D eigenvalue weighted by molar-refractivity contribution is 4.93. The van der Waals surface area contributed by atoms with Crippen LogP contribution in [0.15, 0.2) is 0 Å². The summed E-state index contributed by atoms with van der Waals surface area (Å²) in [6.45, 7) is 6.29. The molecule has 12 unspecified atom stereocenters. The quantitative estimate of drug-likeness (QED) is 0.175. The third-order valence-corrected chi connectivity index (χ3v) is 7.19. The molecule has 35 heavy (non-hydrogen) atoms. The first-order chi connectivity index (χ1) is 16.6. The van der Waals surface area contributed by atoms with Crippen LogP contribution in [-0.2, 0) is 23.8 Å². The summed E-state index contributed by atoms with van der Waals surface area (Å²) >= 11 is 0. The van der Waals surface area contributed by atoms with E-state index in [0.29, 0.717) is 11.8 Å². The van der Waals surface area contributed by atoms with Crippen LogP contribution in [0.1, 0.15) is 26.7 Å². The van der Waals surface area contributed by atoms with E-state index in [1.54, 1.807) is 5.06 Å². The first-order valence-corrected chi connectivity index (χ1v) is 12.4. The van der Waals surface area contributed by atoms with Crippen molar-refractivity contribution in [1.29, 1.82) is 0 Å². The van der Waals surface area contributed by atoms with Crippen molar-refractivity contribution in [2.45, 2.75) is 94.3 Å². The largest absolute Gasteiger partial charge is 0.387 e. The van der Waals surface area contributed by atoms with E-state index in [0.717, 1.165) is 32.5 Å². The summed E-state index contributed by atoms with van der Waals surface area (Å²) in [5, 5.41) is 67.2. The Morgan fingerprint density at radius 2 is 1.40 bits per heavy atom. The minimum absolute atomic E-state index is 0.0741. The monoisotopic (exact) mass is 508 g/mol. The highest BCUT2D eigenvalue weighted by Gasteiger charge is 2.50. The Morgan fingerprint density at radius 3 is 1.91 bits per heavy atom. The number of hydroxylamine groups is 2. The van der Waals surface area contributed by atoms with Gasteiger partial charge in [-0.05, 0) is 24.7 Å². The van der Waals surface area contributed by atoms with Crippen LogP contribution in [0, 0.1) is 11.8 Å². The molecular formula is C22H40N2O11. The summed E-state index contributed by atoms with van der Waals surface area (Å²) in [5.74, 6) is 0.922. The first-order valence-electron chi connectivity index (χ1n) is 12.4. The lowest BCUT2D eigenvalue weighted by Crippen LogP contribution is -2.64. The Hall–Kier alpha value is -0.520. The average Bonchev–Trinajstić information content (AvgIpc) is 3.45. The van der Waals surface area contributed by atoms with E-state index in [2.05, 4.69) is 19.2 Å². The molecule has 0 radical (unpaired) electrons. The van der Waals surface area contributed by atoms with Crippen LogP contribution in [-0.4, -0.2) is 136 Å². The van der Waals surface area contributed by atoms with Gasteiger partial charge >= 0.3 is 0 Å². The molecule has 0 aromatic carbocycles. The van der Waals surface area contributed by atoms with E-state index in [4.69, 9.17) is 23.8 Å². The second kappa shape index (κ2) is 11.9. The van der Waals surface area contributed by atoms with Crippen molar-refractivity contribution in [3.63, 3.8) is 0 Å². The summed E-state index contributed by atoms with van der Waals surface area (Å²) in [6.07, 6.45) is -12.9. The number of hydrogen-bond acceptors (Lipinski definition) is 13. The average molecular weight is 509 g/mol. The van der Waals surface area contributed by atoms with Crippen molar-refractivity contribution in [2.24, 2.45) is 11.8 Å². The lowest BCUT2D eigenvalue weighted by Gasteiger charge is -2.45. The summed E-state index contributed by atoms with van der Waals surface area (Å²) in [7, 11) is 0. The molecule has 13 heteroatoms. The molecule has 4 saturated heterocycles. The molecule has 4 aliphatic rings. The van der Waals surface area contributed by atoms with Gasteiger partial charge in [-0.3, -0.25) is 10.2 Å². The number of aliphatic hydroxyl groups is 6. The molecule has 0 aromatic heterocycles. The van der Waals surface area contributed by atoms with E-state index in [1.807, 2.05) is 0 Å². The van der Waals surface area contributed by atoms with Crippen LogP contribution in [0.25, 0.3) is 0 Å². The molecule has 0 spiro atoms. The van der Waals surface area contributed by atoms with Gasteiger partial charge in [0, 0.05) is 19.6 Å². The fourth-order valence-corrected chi connectivity index (χ4v) is 4.86. The topological polar surface area (TPSA) is 183 Å². The molecule has 4 fully saturated rings. The van der Waals surface area contributed by atoms with Gasteiger partial charge in [-0.2, -0.15) is 5.06 Å². The van der Waals surface area contributed by atoms with Gasteiger partial charge in [0.2, 0.25) is 0 Å². The number of nitrogens with zero attached hydrogens (tertiary/aromatic N) is 1. The molecule has 4 aliphatic heterocycles. The zero-order valence-corrected chi connectivity index (χ0v) is 20.1. The zero-order valence-electron chi connectivity index (χ0n) is 20.1. The van der Waals surface area contributed by atoms with Gasteiger partial charge in [0.15, 0.2) is 12.6 Å². The molecule has 7 N–H and O–H groups in total. The Labute approximate surface area is 204 Å². The lowest BCUT2D eigenvalue weighted by molar-refractivity contribution is -0.380. The zero-order chi connectivity index (χ0) is 25.3. The van der Waals surface area contributed by atoms with Gasteiger partial charge < -0.3 is 49.6 Å². The van der Waals surface area contributed by atoms with Gasteiger partial charge in [-0.15, -0.1) is 0 Å². The minimum atomic E-state index is -1.66. The Kier molecular flexibility index (Phi) is 9.35. The number of nitrogens with one attached hydrogen (secondary N) is 1. The van der Waals surface area contributed by atoms with Crippen molar-refractivity contribution in [2.75, 3.05) is 32.8 Å². The van der Waals surface area contributed by atoms with Gasteiger partial charge in [0.05, 0.1) is 13.2 Å². The van der Waals surface area contributed by atoms with E-state index in [9.17, 15) is 30.6 Å². The van der Waals surface area contributed by atoms with Crippen LogP contribution >= 0.6 is 0 Å². The molecule has 4 rings (SSSR count). The first kappa shape index (κ1) is 27.5. The van der Waals surface area contributed by atoms with E-state index in [-0.39, 0.29) is 19.4 Å². The van der Waals surface area contributed by atoms with Gasteiger partial charge in [0.25, 0.3) is 0 Å². The molecule has 0 amide bonds. The highest BCUT2D eigenvalue weighted by Crippen LogP contribution is 2.29. The third kappa shape index (κ3) is 6.49. The predicted molar refractivity (Wildman–Crippen MR) is 117 cm³/mol. The van der Waals surface area contributed by atoms with E-state index < -0.39 is 61.4 Å². The SMILES string of the molecule is CC1CNC(OCC2OC(OC3OC(CON4CCC(C)C4)C(O)C(O)C3O)C(O)C(O)[C@H]2O)C1. The van der Waals surface area contributed by atoms with Crippen molar-refractivity contribution in [3.8, 4) is 0 Å². The van der Waals surface area contributed by atoms with Crippen molar-refractivity contribution in [1.82, 2.24) is 10.4 Å². The van der Waals surface area contributed by atoms with Gasteiger partial charge in [0.1, 0.15) is 55.1 Å².